The molecule has 5 heteroatoms. The van der Waals surface area contributed by atoms with Crippen molar-refractivity contribution >= 4 is 8.02 Å². The fraction of sp³-hybridized carbons (Fsp3) is 0.294. The van der Waals surface area contributed by atoms with Crippen molar-refractivity contribution in [2.45, 2.75) is 25.6 Å². The predicted octanol–water partition coefficient (Wildman–Crippen LogP) is 2.91. The minimum absolute atomic E-state index is 0.0523. The highest BCUT2D eigenvalue weighted by atomic mass is 31.2. The van der Waals surface area contributed by atoms with Gasteiger partial charge in [0, 0.05) is 7.05 Å². The summed E-state index contributed by atoms with van der Waals surface area (Å²) in [6, 6.07) is 19.9. The van der Waals surface area contributed by atoms with E-state index < -0.39 is 8.02 Å². The van der Waals surface area contributed by atoms with Crippen LogP contribution in [0.2, 0.25) is 0 Å². The van der Waals surface area contributed by atoms with Gasteiger partial charge in [-0.25, -0.2) is 0 Å². The average molecular weight is 316 g/mol. The Morgan fingerprint density at radius 1 is 1.09 bits per heavy atom. The van der Waals surface area contributed by atoms with Crippen LogP contribution < -0.4 is 9.98 Å². The summed E-state index contributed by atoms with van der Waals surface area (Å²) in [5.41, 5.74) is 2.15. The molecule has 1 aliphatic rings. The number of benzene rings is 2. The first-order chi connectivity index (χ1) is 10.6. The Bertz CT molecular complexity index is 611. The van der Waals surface area contributed by atoms with Gasteiger partial charge in [-0.15, -0.1) is 4.67 Å². The lowest BCUT2D eigenvalue weighted by atomic mass is 10.0. The topological polar surface area (TPSA) is 47.6 Å². The van der Waals surface area contributed by atoms with Crippen molar-refractivity contribution in [2.75, 3.05) is 7.05 Å². The molecule has 1 heterocycles. The van der Waals surface area contributed by atoms with Gasteiger partial charge in [0.25, 0.3) is 8.02 Å². The Balaban J connectivity index is 1.73. The Morgan fingerprint density at radius 2 is 1.68 bits per heavy atom. The fourth-order valence-corrected chi connectivity index (χ4v) is 4.71. The highest BCUT2D eigenvalue weighted by molar-refractivity contribution is 7.59. The van der Waals surface area contributed by atoms with E-state index in [4.69, 9.17) is 4.52 Å². The van der Waals surface area contributed by atoms with Gasteiger partial charge in [0.05, 0.1) is 12.6 Å². The highest BCUT2D eigenvalue weighted by Crippen LogP contribution is 2.62. The largest absolute Gasteiger partial charge is 0.626 e. The van der Waals surface area contributed by atoms with Gasteiger partial charge in [-0.2, -0.15) is 9.61 Å². The van der Waals surface area contributed by atoms with Crippen molar-refractivity contribution in [3.8, 4) is 0 Å². The Hall–Kier alpha value is -1.29. The Kier molecular flexibility index (Phi) is 4.57. The maximum absolute atomic E-state index is 13.1. The van der Waals surface area contributed by atoms with Gasteiger partial charge >= 0.3 is 0 Å². The van der Waals surface area contributed by atoms with Crippen LogP contribution in [0.25, 0.3) is 0 Å². The second kappa shape index (κ2) is 6.45. The summed E-state index contributed by atoms with van der Waals surface area (Å²) in [7, 11) is -1.17. The fourth-order valence-electron chi connectivity index (χ4n) is 2.67. The molecule has 0 saturated carbocycles. The normalized spacial score (nSPS) is 28.9. The molecule has 0 aromatic heterocycles. The van der Waals surface area contributed by atoms with Gasteiger partial charge < -0.3 is 4.89 Å². The van der Waals surface area contributed by atoms with Gasteiger partial charge in [0.15, 0.2) is 0 Å². The first kappa shape index (κ1) is 15.6. The monoisotopic (exact) mass is 316 g/mol. The lowest BCUT2D eigenvalue weighted by Gasteiger charge is -2.29. The van der Waals surface area contributed by atoms with Crippen LogP contribution in [0.3, 0.4) is 0 Å². The molecule has 0 aliphatic carbocycles. The summed E-state index contributed by atoms with van der Waals surface area (Å²) in [4.78, 5) is 13.1. The van der Waals surface area contributed by atoms with Gasteiger partial charge in [-0.05, 0) is 18.1 Å². The van der Waals surface area contributed by atoms with Gasteiger partial charge in [-0.3, -0.25) is 0 Å². The first-order valence-corrected chi connectivity index (χ1v) is 9.04. The quantitative estimate of drug-likeness (QED) is 0.881. The van der Waals surface area contributed by atoms with Gasteiger partial charge in [0.1, 0.15) is 6.10 Å². The van der Waals surface area contributed by atoms with E-state index in [0.717, 1.165) is 11.1 Å². The maximum Gasteiger partial charge on any atom is 0.251 e. The SMILES string of the molecule is C[C@@H]1[C@H](c2ccccc2)O[P+]([O-])(NCc2ccccc2)N1C. The molecule has 4 nitrogen and oxygen atoms in total. The summed E-state index contributed by atoms with van der Waals surface area (Å²) in [6.07, 6.45) is -0.180. The summed E-state index contributed by atoms with van der Waals surface area (Å²) < 4.78 is 7.78. The summed E-state index contributed by atoms with van der Waals surface area (Å²) in [5, 5.41) is 3.11. The Morgan fingerprint density at radius 3 is 2.32 bits per heavy atom. The molecule has 22 heavy (non-hydrogen) atoms. The molecule has 2 aromatic carbocycles. The van der Waals surface area contributed by atoms with E-state index in [0.29, 0.717) is 6.54 Å². The second-order valence-electron chi connectivity index (χ2n) is 5.59. The third-order valence-corrected chi connectivity index (χ3v) is 6.42. The third kappa shape index (κ3) is 3.07. The zero-order valence-corrected chi connectivity index (χ0v) is 13.7. The van der Waals surface area contributed by atoms with Crippen LogP contribution in [0.5, 0.6) is 0 Å². The first-order valence-electron chi connectivity index (χ1n) is 7.46. The van der Waals surface area contributed by atoms with E-state index >= 15 is 0 Å². The molecule has 2 aromatic rings. The molecule has 1 aliphatic heterocycles. The Labute approximate surface area is 132 Å². The standard InChI is InChI=1S/C17H21N2O2P/c1-14-17(16-11-7-4-8-12-16)21-22(20,19(14)2)18-13-15-9-5-3-6-10-15/h3-12,14,17H,13H2,1-2H3,(H,18,20)/t14-,17-,22?/m1/s1. The zero-order valence-electron chi connectivity index (χ0n) is 12.8. The summed E-state index contributed by atoms with van der Waals surface area (Å²) in [6.45, 7) is 2.57. The van der Waals surface area contributed by atoms with E-state index in [1.807, 2.05) is 79.3 Å². The van der Waals surface area contributed by atoms with Crippen molar-refractivity contribution in [2.24, 2.45) is 0 Å². The van der Waals surface area contributed by atoms with Crippen molar-refractivity contribution in [3.05, 3.63) is 71.8 Å². The van der Waals surface area contributed by atoms with E-state index in [-0.39, 0.29) is 12.1 Å². The number of nitrogens with one attached hydrogen (secondary N) is 1. The van der Waals surface area contributed by atoms with E-state index in [1.165, 1.54) is 0 Å². The third-order valence-electron chi connectivity index (χ3n) is 4.15. The van der Waals surface area contributed by atoms with Gasteiger partial charge in [0.2, 0.25) is 0 Å². The highest BCUT2D eigenvalue weighted by Gasteiger charge is 2.51. The van der Waals surface area contributed by atoms with E-state index in [9.17, 15) is 4.89 Å². The number of rotatable bonds is 4. The zero-order chi connectivity index (χ0) is 15.6. The smallest absolute Gasteiger partial charge is 0.251 e. The molecule has 1 fully saturated rings. The van der Waals surface area contributed by atoms with Crippen molar-refractivity contribution in [1.29, 1.82) is 0 Å². The van der Waals surface area contributed by atoms with E-state index in [1.54, 1.807) is 0 Å². The molecule has 0 spiro atoms. The lowest BCUT2D eigenvalue weighted by Crippen LogP contribution is -2.36. The van der Waals surface area contributed by atoms with Crippen molar-refractivity contribution < 1.29 is 9.42 Å². The molecule has 3 atom stereocenters. The minimum Gasteiger partial charge on any atom is -0.626 e. The molecule has 1 N–H and O–H groups in total. The molecule has 0 radical (unpaired) electrons. The maximum atomic E-state index is 13.1. The lowest BCUT2D eigenvalue weighted by molar-refractivity contribution is -0.204. The van der Waals surface area contributed by atoms with Crippen molar-refractivity contribution in [3.63, 3.8) is 0 Å². The molecule has 0 amide bonds. The number of hydrogen-bond acceptors (Lipinski definition) is 4. The number of nitrogens with zero attached hydrogens (tertiary/aromatic N) is 1. The molecular weight excluding hydrogens is 295 g/mol. The van der Waals surface area contributed by atoms with Crippen LogP contribution in [0, 0.1) is 0 Å². The van der Waals surface area contributed by atoms with Crippen molar-refractivity contribution in [1.82, 2.24) is 9.76 Å². The van der Waals surface area contributed by atoms with Crippen LogP contribution in [0.15, 0.2) is 60.7 Å². The molecule has 0 bridgehead atoms. The molecule has 1 unspecified atom stereocenters. The van der Waals surface area contributed by atoms with Crippen LogP contribution in [-0.4, -0.2) is 17.8 Å². The van der Waals surface area contributed by atoms with Crippen LogP contribution in [0.4, 0.5) is 0 Å². The predicted molar refractivity (Wildman–Crippen MR) is 87.7 cm³/mol. The number of hydrogen-bond donors (Lipinski definition) is 1. The molecule has 1 saturated heterocycles. The van der Waals surface area contributed by atoms with Gasteiger partial charge in [-0.1, -0.05) is 60.7 Å². The summed E-state index contributed by atoms with van der Waals surface area (Å²) >= 11 is 0. The van der Waals surface area contributed by atoms with Crippen LogP contribution in [-0.2, 0) is 11.1 Å². The second-order valence-corrected chi connectivity index (χ2v) is 7.79. The molecular formula is C17H21N2O2P. The average Bonchev–Trinajstić information content (AvgIpc) is 2.80. The van der Waals surface area contributed by atoms with Crippen LogP contribution >= 0.6 is 8.02 Å². The van der Waals surface area contributed by atoms with Crippen LogP contribution in [0.1, 0.15) is 24.2 Å². The number of likely N-dealkylation sites (N-methyl/N-ethyl adjacent to an activating group) is 1. The minimum atomic E-state index is -3.02. The molecule has 3 rings (SSSR count). The van der Waals surface area contributed by atoms with E-state index in [2.05, 4.69) is 5.09 Å². The summed E-state index contributed by atoms with van der Waals surface area (Å²) in [5.74, 6) is 0. The molecule has 116 valence electrons.